The Morgan fingerprint density at radius 3 is 2.56 bits per heavy atom. The molecular weight excluding hydrogens is 252 g/mol. The Morgan fingerprint density at radius 1 is 1.22 bits per heavy atom. The minimum atomic E-state index is -0.997. The predicted molar refractivity (Wildman–Crippen MR) is 64.6 cm³/mol. The quantitative estimate of drug-likeness (QED) is 0.900. The number of aryl methyl sites for hydroxylation is 2. The van der Waals surface area contributed by atoms with Crippen LogP contribution in [0.2, 0.25) is 0 Å². The van der Waals surface area contributed by atoms with Crippen molar-refractivity contribution in [3.8, 4) is 0 Å². The lowest BCUT2D eigenvalue weighted by atomic mass is 10.3. The Bertz CT molecular complexity index is 586. The van der Waals surface area contributed by atoms with E-state index in [4.69, 9.17) is 5.11 Å². The molecule has 0 spiro atoms. The largest absolute Gasteiger partial charge is 0.478 e. The second-order valence-electron chi connectivity index (χ2n) is 3.56. The SMILES string of the molecule is Cc1nnc(Sc2ccc(C(=O)O)cn2)nc1C. The van der Waals surface area contributed by atoms with Crippen molar-refractivity contribution in [1.29, 1.82) is 0 Å². The van der Waals surface area contributed by atoms with Crippen LogP contribution in [0.15, 0.2) is 28.5 Å². The van der Waals surface area contributed by atoms with Gasteiger partial charge >= 0.3 is 5.97 Å². The zero-order valence-corrected chi connectivity index (χ0v) is 10.6. The predicted octanol–water partition coefficient (Wildman–Crippen LogP) is 1.73. The molecule has 0 fully saturated rings. The van der Waals surface area contributed by atoms with Crippen molar-refractivity contribution in [3.05, 3.63) is 35.3 Å². The van der Waals surface area contributed by atoms with Crippen molar-refractivity contribution in [2.45, 2.75) is 24.0 Å². The molecule has 2 rings (SSSR count). The molecule has 0 bridgehead atoms. The zero-order chi connectivity index (χ0) is 13.1. The van der Waals surface area contributed by atoms with Crippen LogP contribution in [-0.2, 0) is 0 Å². The Kier molecular flexibility index (Phi) is 3.52. The van der Waals surface area contributed by atoms with Crippen LogP contribution >= 0.6 is 11.8 Å². The molecule has 0 aliphatic rings. The zero-order valence-electron chi connectivity index (χ0n) is 9.78. The number of pyridine rings is 1. The second-order valence-corrected chi connectivity index (χ2v) is 4.55. The van der Waals surface area contributed by atoms with Crippen LogP contribution in [0.4, 0.5) is 0 Å². The highest BCUT2D eigenvalue weighted by molar-refractivity contribution is 7.99. The van der Waals surface area contributed by atoms with Gasteiger partial charge in [0.15, 0.2) is 0 Å². The summed E-state index contributed by atoms with van der Waals surface area (Å²) in [7, 11) is 0. The molecule has 0 unspecified atom stereocenters. The topological polar surface area (TPSA) is 88.9 Å². The summed E-state index contributed by atoms with van der Waals surface area (Å²) in [4.78, 5) is 19.0. The fourth-order valence-electron chi connectivity index (χ4n) is 1.14. The van der Waals surface area contributed by atoms with Crippen LogP contribution in [0.1, 0.15) is 21.7 Å². The molecule has 1 N–H and O–H groups in total. The van der Waals surface area contributed by atoms with E-state index in [9.17, 15) is 4.79 Å². The third kappa shape index (κ3) is 2.80. The molecule has 92 valence electrons. The minimum absolute atomic E-state index is 0.151. The van der Waals surface area contributed by atoms with Gasteiger partial charge in [0, 0.05) is 6.20 Å². The molecule has 2 aromatic heterocycles. The van der Waals surface area contributed by atoms with Gasteiger partial charge in [-0.25, -0.2) is 14.8 Å². The highest BCUT2D eigenvalue weighted by Gasteiger charge is 2.07. The molecule has 0 aromatic carbocycles. The first-order valence-electron chi connectivity index (χ1n) is 5.11. The van der Waals surface area contributed by atoms with Crippen molar-refractivity contribution < 1.29 is 9.90 Å². The van der Waals surface area contributed by atoms with Gasteiger partial charge in [-0.15, -0.1) is 5.10 Å². The number of aromatic nitrogens is 4. The number of aromatic carboxylic acids is 1. The molecule has 0 atom stereocenters. The Balaban J connectivity index is 2.18. The Hall–Kier alpha value is -2.02. The molecule has 18 heavy (non-hydrogen) atoms. The third-order valence-electron chi connectivity index (χ3n) is 2.25. The molecule has 0 aliphatic carbocycles. The van der Waals surface area contributed by atoms with Crippen LogP contribution in [0.3, 0.4) is 0 Å². The van der Waals surface area contributed by atoms with Crippen molar-refractivity contribution in [1.82, 2.24) is 20.2 Å². The summed E-state index contributed by atoms with van der Waals surface area (Å²) in [5.41, 5.74) is 1.75. The molecule has 0 saturated heterocycles. The van der Waals surface area contributed by atoms with Gasteiger partial charge in [-0.1, -0.05) is 0 Å². The maximum atomic E-state index is 10.7. The summed E-state index contributed by atoms with van der Waals surface area (Å²) >= 11 is 1.24. The average Bonchev–Trinajstić information content (AvgIpc) is 2.34. The fourth-order valence-corrected chi connectivity index (χ4v) is 1.83. The van der Waals surface area contributed by atoms with Gasteiger partial charge in [0.2, 0.25) is 5.16 Å². The fraction of sp³-hybridized carbons (Fsp3) is 0.182. The highest BCUT2D eigenvalue weighted by atomic mass is 32.2. The standard InChI is InChI=1S/C11H10N4O2S/c1-6-7(2)14-15-11(13-6)18-9-4-3-8(5-12-9)10(16)17/h3-5H,1-2H3,(H,16,17). The van der Waals surface area contributed by atoms with E-state index in [0.29, 0.717) is 10.2 Å². The molecule has 2 heterocycles. The van der Waals surface area contributed by atoms with E-state index in [2.05, 4.69) is 20.2 Å². The van der Waals surface area contributed by atoms with E-state index >= 15 is 0 Å². The molecule has 0 radical (unpaired) electrons. The van der Waals surface area contributed by atoms with Crippen molar-refractivity contribution in [3.63, 3.8) is 0 Å². The second kappa shape index (κ2) is 5.09. The number of carboxylic acids is 1. The van der Waals surface area contributed by atoms with Crippen LogP contribution < -0.4 is 0 Å². The van der Waals surface area contributed by atoms with Gasteiger partial charge in [-0.2, -0.15) is 5.10 Å². The highest BCUT2D eigenvalue weighted by Crippen LogP contribution is 2.22. The van der Waals surface area contributed by atoms with Gasteiger partial charge in [0.1, 0.15) is 5.03 Å². The first-order chi connectivity index (χ1) is 8.56. The number of carbonyl (C=O) groups is 1. The molecule has 0 amide bonds. The summed E-state index contributed by atoms with van der Waals surface area (Å²) < 4.78 is 0. The number of nitrogens with zero attached hydrogens (tertiary/aromatic N) is 4. The lowest BCUT2D eigenvalue weighted by Gasteiger charge is -2.01. The van der Waals surface area contributed by atoms with Gasteiger partial charge in [-0.3, -0.25) is 0 Å². The van der Waals surface area contributed by atoms with Crippen LogP contribution in [0, 0.1) is 13.8 Å². The van der Waals surface area contributed by atoms with Gasteiger partial charge < -0.3 is 5.11 Å². The number of hydrogen-bond acceptors (Lipinski definition) is 6. The summed E-state index contributed by atoms with van der Waals surface area (Å²) in [6.07, 6.45) is 1.30. The minimum Gasteiger partial charge on any atom is -0.478 e. The molecule has 0 aliphatic heterocycles. The van der Waals surface area contributed by atoms with Gasteiger partial charge in [-0.05, 0) is 37.7 Å². The first kappa shape index (κ1) is 12.4. The van der Waals surface area contributed by atoms with E-state index in [-0.39, 0.29) is 5.56 Å². The smallest absolute Gasteiger partial charge is 0.337 e. The van der Waals surface area contributed by atoms with Crippen molar-refractivity contribution >= 4 is 17.7 Å². The van der Waals surface area contributed by atoms with E-state index < -0.39 is 5.97 Å². The first-order valence-corrected chi connectivity index (χ1v) is 5.93. The van der Waals surface area contributed by atoms with Gasteiger partial charge in [0.05, 0.1) is 17.0 Å². The summed E-state index contributed by atoms with van der Waals surface area (Å²) in [5, 5.41) is 17.8. The van der Waals surface area contributed by atoms with E-state index in [0.717, 1.165) is 11.4 Å². The van der Waals surface area contributed by atoms with E-state index in [1.165, 1.54) is 24.0 Å². The lowest BCUT2D eigenvalue weighted by Crippen LogP contribution is -1.99. The summed E-state index contributed by atoms with van der Waals surface area (Å²) in [5.74, 6) is -0.997. The number of carboxylic acid groups (broad SMARTS) is 1. The molecule has 7 heteroatoms. The molecule has 2 aromatic rings. The van der Waals surface area contributed by atoms with E-state index in [1.54, 1.807) is 6.07 Å². The van der Waals surface area contributed by atoms with E-state index in [1.807, 2.05) is 13.8 Å². The third-order valence-corrected chi connectivity index (χ3v) is 3.06. The van der Waals surface area contributed by atoms with Crippen molar-refractivity contribution in [2.24, 2.45) is 0 Å². The molecular formula is C11H10N4O2S. The van der Waals surface area contributed by atoms with Crippen LogP contribution in [0.25, 0.3) is 0 Å². The maximum Gasteiger partial charge on any atom is 0.337 e. The summed E-state index contributed by atoms with van der Waals surface area (Å²) in [6, 6.07) is 3.11. The van der Waals surface area contributed by atoms with Gasteiger partial charge in [0.25, 0.3) is 0 Å². The number of hydrogen-bond donors (Lipinski definition) is 1. The van der Waals surface area contributed by atoms with Crippen LogP contribution in [0.5, 0.6) is 0 Å². The number of rotatable bonds is 3. The maximum absolute atomic E-state index is 10.7. The van der Waals surface area contributed by atoms with Crippen molar-refractivity contribution in [2.75, 3.05) is 0 Å². The Labute approximate surface area is 108 Å². The van der Waals surface area contributed by atoms with Crippen LogP contribution in [-0.4, -0.2) is 31.2 Å². The lowest BCUT2D eigenvalue weighted by molar-refractivity contribution is 0.0696. The monoisotopic (exact) mass is 262 g/mol. The summed E-state index contributed by atoms with van der Waals surface area (Å²) in [6.45, 7) is 3.69. The molecule has 6 nitrogen and oxygen atoms in total. The Morgan fingerprint density at radius 2 is 2.00 bits per heavy atom. The normalized spacial score (nSPS) is 10.3. The molecule has 0 saturated carbocycles. The average molecular weight is 262 g/mol.